The summed E-state index contributed by atoms with van der Waals surface area (Å²) in [6.07, 6.45) is 0. The molecule has 2 rings (SSSR count). The maximum absolute atomic E-state index is 11.5. The Labute approximate surface area is 158 Å². The highest BCUT2D eigenvalue weighted by Gasteiger charge is 2.16. The van der Waals surface area contributed by atoms with Crippen molar-refractivity contribution in [3.05, 3.63) is 63.7 Å². The number of hydrogen-bond donors (Lipinski definition) is 1. The lowest BCUT2D eigenvalue weighted by Gasteiger charge is -2.08. The molecule has 0 atom stereocenters. The first-order chi connectivity index (χ1) is 12.3. The number of hydrogen-bond acceptors (Lipinski definition) is 6. The summed E-state index contributed by atoms with van der Waals surface area (Å²) in [7, 11) is -3.01. The molecule has 8 heteroatoms. The zero-order valence-electron chi connectivity index (χ0n) is 14.8. The van der Waals surface area contributed by atoms with Gasteiger partial charge in [-0.25, -0.2) is 8.42 Å². The highest BCUT2D eigenvalue weighted by Crippen LogP contribution is 2.35. The highest BCUT2D eigenvalue weighted by atomic mass is 32.2. The van der Waals surface area contributed by atoms with Crippen LogP contribution in [-0.4, -0.2) is 31.4 Å². The summed E-state index contributed by atoms with van der Waals surface area (Å²) >= 11 is 1.35. The molecule has 140 valence electrons. The molecule has 26 heavy (non-hydrogen) atoms. The molecule has 6 nitrogen and oxygen atoms in total. The second kappa shape index (κ2) is 9.16. The molecule has 2 aromatic carbocycles. The van der Waals surface area contributed by atoms with Gasteiger partial charge in [-0.2, -0.15) is 0 Å². The molecular weight excluding hydrogens is 372 g/mol. The van der Waals surface area contributed by atoms with Crippen molar-refractivity contribution >= 4 is 27.3 Å². The second-order valence-electron chi connectivity index (χ2n) is 5.89. The molecule has 0 aliphatic carbocycles. The van der Waals surface area contributed by atoms with E-state index in [4.69, 9.17) is 0 Å². The lowest BCUT2D eigenvalue weighted by molar-refractivity contribution is -0.387. The van der Waals surface area contributed by atoms with E-state index in [1.807, 2.05) is 37.3 Å². The van der Waals surface area contributed by atoms with E-state index >= 15 is 0 Å². The number of nitro groups is 1. The third-order valence-corrected chi connectivity index (χ3v) is 6.61. The third-order valence-electron chi connectivity index (χ3n) is 3.83. The van der Waals surface area contributed by atoms with Crippen molar-refractivity contribution in [2.75, 3.05) is 18.1 Å². The SMILES string of the molecule is CCS(=O)(=O)CCNCc1ccc(Sc2ccc(C)cc2)c([N+](=O)[O-])c1. The van der Waals surface area contributed by atoms with E-state index < -0.39 is 9.84 Å². The molecule has 0 aliphatic rings. The number of sulfone groups is 1. The van der Waals surface area contributed by atoms with Crippen molar-refractivity contribution in [3.8, 4) is 0 Å². The molecule has 0 spiro atoms. The summed E-state index contributed by atoms with van der Waals surface area (Å²) < 4.78 is 22.9. The number of rotatable bonds is 9. The average molecular weight is 395 g/mol. The molecular formula is C18H22N2O4S2. The molecule has 0 amide bonds. The van der Waals surface area contributed by atoms with Crippen LogP contribution in [0.25, 0.3) is 0 Å². The van der Waals surface area contributed by atoms with Crippen molar-refractivity contribution in [3.63, 3.8) is 0 Å². The van der Waals surface area contributed by atoms with Gasteiger partial charge >= 0.3 is 0 Å². The minimum atomic E-state index is -3.01. The molecule has 0 unspecified atom stereocenters. The first-order valence-electron chi connectivity index (χ1n) is 8.23. The zero-order valence-corrected chi connectivity index (χ0v) is 16.4. The van der Waals surface area contributed by atoms with Crippen LogP contribution in [0, 0.1) is 17.0 Å². The molecule has 0 bridgehead atoms. The topological polar surface area (TPSA) is 89.3 Å². The summed E-state index contributed by atoms with van der Waals surface area (Å²) in [4.78, 5) is 12.5. The normalized spacial score (nSPS) is 11.5. The molecule has 0 saturated carbocycles. The molecule has 0 heterocycles. The van der Waals surface area contributed by atoms with E-state index in [1.54, 1.807) is 13.0 Å². The summed E-state index contributed by atoms with van der Waals surface area (Å²) in [6.45, 7) is 4.31. The third kappa shape index (κ3) is 6.12. The number of nitrogens with zero attached hydrogens (tertiary/aromatic N) is 1. The van der Waals surface area contributed by atoms with E-state index in [1.165, 1.54) is 17.8 Å². The summed E-state index contributed by atoms with van der Waals surface area (Å²) in [5, 5.41) is 14.4. The van der Waals surface area contributed by atoms with E-state index in [9.17, 15) is 18.5 Å². The molecule has 0 radical (unpaired) electrons. The van der Waals surface area contributed by atoms with E-state index in [2.05, 4.69) is 5.32 Å². The van der Waals surface area contributed by atoms with E-state index in [-0.39, 0.29) is 22.1 Å². The molecule has 0 aromatic heterocycles. The Hall–Kier alpha value is -1.90. The van der Waals surface area contributed by atoms with Crippen molar-refractivity contribution in [1.29, 1.82) is 0 Å². The number of nitro benzene ring substituents is 1. The van der Waals surface area contributed by atoms with Gasteiger partial charge in [0.05, 0.1) is 15.6 Å². The smallest absolute Gasteiger partial charge is 0.283 e. The summed E-state index contributed by atoms with van der Waals surface area (Å²) in [6, 6.07) is 12.9. The number of benzene rings is 2. The Morgan fingerprint density at radius 3 is 2.46 bits per heavy atom. The highest BCUT2D eigenvalue weighted by molar-refractivity contribution is 7.99. The quantitative estimate of drug-likeness (QED) is 0.397. The van der Waals surface area contributed by atoms with Crippen LogP contribution in [0.3, 0.4) is 0 Å². The van der Waals surface area contributed by atoms with E-state index in [0.717, 1.165) is 16.0 Å². The van der Waals surface area contributed by atoms with Crippen LogP contribution in [0.5, 0.6) is 0 Å². The van der Waals surface area contributed by atoms with Crippen LogP contribution in [0.4, 0.5) is 5.69 Å². The first kappa shape index (κ1) is 20.4. The van der Waals surface area contributed by atoms with Gasteiger partial charge in [-0.05, 0) is 30.7 Å². The van der Waals surface area contributed by atoms with Gasteiger partial charge in [-0.1, -0.05) is 42.4 Å². The average Bonchev–Trinajstić information content (AvgIpc) is 2.61. The van der Waals surface area contributed by atoms with Crippen molar-refractivity contribution in [2.45, 2.75) is 30.2 Å². The number of aryl methyl sites for hydroxylation is 1. The lowest BCUT2D eigenvalue weighted by atomic mass is 10.2. The Morgan fingerprint density at radius 1 is 1.15 bits per heavy atom. The van der Waals surface area contributed by atoms with Gasteiger partial charge in [-0.3, -0.25) is 10.1 Å². The standard InChI is InChI=1S/C18H22N2O4S2/c1-3-26(23,24)11-10-19-13-15-6-9-18(17(12-15)20(21)22)25-16-7-4-14(2)5-8-16/h4-9,12,19H,3,10-11,13H2,1-2H3. The van der Waals surface area contributed by atoms with Gasteiger partial charge in [0.15, 0.2) is 9.84 Å². The van der Waals surface area contributed by atoms with Crippen LogP contribution in [-0.2, 0) is 16.4 Å². The van der Waals surface area contributed by atoms with Gasteiger partial charge in [0.1, 0.15) is 0 Å². The maximum atomic E-state index is 11.5. The summed E-state index contributed by atoms with van der Waals surface area (Å²) in [5.41, 5.74) is 1.94. The van der Waals surface area contributed by atoms with E-state index in [0.29, 0.717) is 18.0 Å². The zero-order chi connectivity index (χ0) is 19.2. The Kier molecular flexibility index (Phi) is 7.19. The fourth-order valence-corrected chi connectivity index (χ4v) is 3.88. The fraction of sp³-hybridized carbons (Fsp3) is 0.333. The minimum Gasteiger partial charge on any atom is -0.312 e. The van der Waals surface area contributed by atoms with Gasteiger partial charge in [0, 0.05) is 29.8 Å². The fourth-order valence-electron chi connectivity index (χ4n) is 2.24. The largest absolute Gasteiger partial charge is 0.312 e. The molecule has 0 fully saturated rings. The van der Waals surface area contributed by atoms with Gasteiger partial charge in [0.2, 0.25) is 0 Å². The Bertz CT molecular complexity index is 865. The van der Waals surface area contributed by atoms with Crippen LogP contribution < -0.4 is 5.32 Å². The summed E-state index contributed by atoms with van der Waals surface area (Å²) in [5.74, 6) is 0.179. The van der Waals surface area contributed by atoms with Crippen molar-refractivity contribution in [2.24, 2.45) is 0 Å². The lowest BCUT2D eigenvalue weighted by Crippen LogP contribution is -2.23. The van der Waals surface area contributed by atoms with Crippen LogP contribution in [0.15, 0.2) is 52.3 Å². The number of nitrogens with one attached hydrogen (secondary N) is 1. The van der Waals surface area contributed by atoms with Crippen LogP contribution in [0.1, 0.15) is 18.1 Å². The molecule has 0 saturated heterocycles. The van der Waals surface area contributed by atoms with Gasteiger partial charge in [-0.15, -0.1) is 0 Å². The van der Waals surface area contributed by atoms with Gasteiger partial charge < -0.3 is 5.32 Å². The second-order valence-corrected chi connectivity index (χ2v) is 9.48. The maximum Gasteiger partial charge on any atom is 0.283 e. The molecule has 1 N–H and O–H groups in total. The Morgan fingerprint density at radius 2 is 1.85 bits per heavy atom. The van der Waals surface area contributed by atoms with Crippen LogP contribution >= 0.6 is 11.8 Å². The predicted octanol–water partition coefficient (Wildman–Crippen LogP) is 3.58. The minimum absolute atomic E-state index is 0.0519. The Balaban J connectivity index is 2.05. The van der Waals surface area contributed by atoms with Gasteiger partial charge in [0.25, 0.3) is 5.69 Å². The van der Waals surface area contributed by atoms with Crippen molar-refractivity contribution in [1.82, 2.24) is 5.32 Å². The monoisotopic (exact) mass is 394 g/mol. The molecule has 0 aliphatic heterocycles. The van der Waals surface area contributed by atoms with Crippen LogP contribution in [0.2, 0.25) is 0 Å². The predicted molar refractivity (Wildman–Crippen MR) is 104 cm³/mol. The van der Waals surface area contributed by atoms with Crippen molar-refractivity contribution < 1.29 is 13.3 Å². The first-order valence-corrected chi connectivity index (χ1v) is 10.9. The molecule has 2 aromatic rings.